The van der Waals surface area contributed by atoms with Crippen molar-refractivity contribution in [1.29, 1.82) is 0 Å². The van der Waals surface area contributed by atoms with Crippen LogP contribution in [0, 0.1) is 0 Å². The first-order valence-electron chi connectivity index (χ1n) is 8.00. The fraction of sp³-hybridized carbons (Fsp3) is 0.765. The molecule has 1 amide bonds. The van der Waals surface area contributed by atoms with Crippen molar-refractivity contribution in [2.45, 2.75) is 65.1 Å². The van der Waals surface area contributed by atoms with E-state index in [2.05, 4.69) is 11.9 Å². The van der Waals surface area contributed by atoms with Crippen LogP contribution in [0.4, 0.5) is 4.79 Å². The second kappa shape index (κ2) is 6.03. The maximum atomic E-state index is 12.1. The Morgan fingerprint density at radius 1 is 1.32 bits per heavy atom. The number of ether oxygens (including phenoxy) is 1. The predicted molar refractivity (Wildman–Crippen MR) is 87.3 cm³/mol. The topological polar surface area (TPSA) is 62.1 Å². The van der Waals surface area contributed by atoms with E-state index in [0.29, 0.717) is 32.4 Å². The number of piperidine rings is 1. The smallest absolute Gasteiger partial charge is 0.410 e. The van der Waals surface area contributed by atoms with Gasteiger partial charge in [-0.2, -0.15) is 0 Å². The number of carbonyl (C=O) groups excluding carboxylic acids is 1. The Labute approximate surface area is 133 Å². The highest BCUT2D eigenvalue weighted by Gasteiger charge is 2.37. The molecule has 1 saturated heterocycles. The lowest BCUT2D eigenvalue weighted by Crippen LogP contribution is -2.48. The van der Waals surface area contributed by atoms with E-state index in [9.17, 15) is 9.90 Å². The van der Waals surface area contributed by atoms with Gasteiger partial charge in [-0.05, 0) is 58.6 Å². The normalized spacial score (nSPS) is 21.9. The predicted octanol–water partition coefficient (Wildman–Crippen LogP) is 2.93. The number of aliphatic hydroxyl groups is 1. The molecule has 5 heteroatoms. The molecule has 0 saturated carbocycles. The number of likely N-dealkylation sites (tertiary alicyclic amines) is 1. The average molecular weight is 308 g/mol. The first kappa shape index (κ1) is 17.0. The van der Waals surface area contributed by atoms with Crippen molar-refractivity contribution in [1.82, 2.24) is 4.90 Å². The number of hydrogen-bond donors (Lipinski definition) is 1. The Morgan fingerprint density at radius 3 is 2.36 bits per heavy atom. The summed E-state index contributed by atoms with van der Waals surface area (Å²) in [5, 5.41) is 10.8. The maximum Gasteiger partial charge on any atom is 0.410 e. The number of rotatable bonds is 2. The molecule has 2 aliphatic heterocycles. The molecule has 1 fully saturated rings. The molecule has 0 spiro atoms. The van der Waals surface area contributed by atoms with Crippen molar-refractivity contribution in [3.05, 3.63) is 11.1 Å². The van der Waals surface area contributed by atoms with E-state index in [-0.39, 0.29) is 6.09 Å². The molecule has 0 aromatic rings. The Morgan fingerprint density at radius 2 is 1.91 bits per heavy atom. The van der Waals surface area contributed by atoms with Crippen molar-refractivity contribution in [2.75, 3.05) is 19.6 Å². The van der Waals surface area contributed by atoms with Crippen molar-refractivity contribution < 1.29 is 14.6 Å². The number of aliphatic imine (C=N–C) groups is 1. The summed E-state index contributed by atoms with van der Waals surface area (Å²) in [7, 11) is 0. The van der Waals surface area contributed by atoms with Crippen molar-refractivity contribution in [2.24, 2.45) is 4.99 Å². The quantitative estimate of drug-likeness (QED) is 0.853. The molecule has 124 valence electrons. The van der Waals surface area contributed by atoms with E-state index in [1.807, 2.05) is 27.7 Å². The highest BCUT2D eigenvalue weighted by atomic mass is 16.6. The first-order valence-corrected chi connectivity index (χ1v) is 8.00. The van der Waals surface area contributed by atoms with Gasteiger partial charge in [0.25, 0.3) is 0 Å². The van der Waals surface area contributed by atoms with Crippen LogP contribution >= 0.6 is 0 Å². The van der Waals surface area contributed by atoms with Gasteiger partial charge in [-0.15, -0.1) is 0 Å². The minimum atomic E-state index is -0.740. The molecule has 2 aliphatic rings. The number of nitrogens with zero attached hydrogens (tertiary/aromatic N) is 2. The second-order valence-electron chi connectivity index (χ2n) is 7.53. The van der Waals surface area contributed by atoms with E-state index in [0.717, 1.165) is 12.3 Å². The van der Waals surface area contributed by atoms with Crippen LogP contribution in [0.1, 0.15) is 53.9 Å². The van der Waals surface area contributed by atoms with Gasteiger partial charge in [0.1, 0.15) is 5.60 Å². The van der Waals surface area contributed by atoms with Gasteiger partial charge in [0.05, 0.1) is 12.1 Å². The lowest BCUT2D eigenvalue weighted by Gasteiger charge is -2.39. The van der Waals surface area contributed by atoms with Gasteiger partial charge in [0, 0.05) is 25.2 Å². The summed E-state index contributed by atoms with van der Waals surface area (Å²) < 4.78 is 5.39. The van der Waals surface area contributed by atoms with Crippen LogP contribution < -0.4 is 0 Å². The van der Waals surface area contributed by atoms with Crippen LogP contribution in [0.3, 0.4) is 0 Å². The fourth-order valence-corrected chi connectivity index (χ4v) is 2.95. The lowest BCUT2D eigenvalue weighted by atomic mass is 9.83. The zero-order chi connectivity index (χ0) is 16.5. The zero-order valence-electron chi connectivity index (χ0n) is 14.4. The summed E-state index contributed by atoms with van der Waals surface area (Å²) >= 11 is 0. The van der Waals surface area contributed by atoms with Gasteiger partial charge in [-0.3, -0.25) is 4.99 Å². The molecule has 1 N–H and O–H groups in total. The van der Waals surface area contributed by atoms with Crippen LogP contribution in [0.25, 0.3) is 0 Å². The fourth-order valence-electron chi connectivity index (χ4n) is 2.95. The summed E-state index contributed by atoms with van der Waals surface area (Å²) in [6.45, 7) is 11.5. The SMILES string of the molecule is CC1=NCC(C)=C1CC1(O)CCN(C(=O)OC(C)(C)C)CC1. The van der Waals surface area contributed by atoms with Crippen LogP contribution in [-0.4, -0.2) is 52.6 Å². The molecule has 22 heavy (non-hydrogen) atoms. The van der Waals surface area contributed by atoms with Crippen LogP contribution in [0.2, 0.25) is 0 Å². The maximum absolute atomic E-state index is 12.1. The minimum absolute atomic E-state index is 0.288. The van der Waals surface area contributed by atoms with E-state index in [4.69, 9.17) is 4.74 Å². The van der Waals surface area contributed by atoms with Crippen LogP contribution in [0.5, 0.6) is 0 Å². The van der Waals surface area contributed by atoms with E-state index in [1.54, 1.807) is 4.90 Å². The Kier molecular flexibility index (Phi) is 4.66. The molecule has 0 aromatic carbocycles. The molecule has 5 nitrogen and oxygen atoms in total. The molecule has 0 aromatic heterocycles. The summed E-state index contributed by atoms with van der Waals surface area (Å²) in [5.74, 6) is 0. The van der Waals surface area contributed by atoms with Gasteiger partial charge in [0.15, 0.2) is 0 Å². The third-order valence-electron chi connectivity index (χ3n) is 4.36. The zero-order valence-corrected chi connectivity index (χ0v) is 14.4. The minimum Gasteiger partial charge on any atom is -0.444 e. The van der Waals surface area contributed by atoms with Crippen molar-refractivity contribution >= 4 is 11.8 Å². The summed E-state index contributed by atoms with van der Waals surface area (Å²) in [6, 6.07) is 0. The average Bonchev–Trinajstić information content (AvgIpc) is 2.69. The standard InChI is InChI=1S/C17H28N2O3/c1-12-11-18-13(2)14(12)10-17(21)6-8-19(9-7-17)15(20)22-16(3,4)5/h21H,6-11H2,1-5H3. The van der Waals surface area contributed by atoms with Gasteiger partial charge < -0.3 is 14.7 Å². The lowest BCUT2D eigenvalue weighted by molar-refractivity contribution is -0.0309. The highest BCUT2D eigenvalue weighted by Crippen LogP contribution is 2.32. The molecule has 0 radical (unpaired) electrons. The molecule has 0 atom stereocenters. The first-order chi connectivity index (χ1) is 10.1. The number of hydrogen-bond acceptors (Lipinski definition) is 4. The van der Waals surface area contributed by atoms with Crippen LogP contribution in [-0.2, 0) is 4.74 Å². The molecule has 2 rings (SSSR count). The molecular formula is C17H28N2O3. The largest absolute Gasteiger partial charge is 0.444 e. The summed E-state index contributed by atoms with van der Waals surface area (Å²) in [4.78, 5) is 18.2. The Hall–Kier alpha value is -1.36. The number of amides is 1. The molecule has 2 heterocycles. The Balaban J connectivity index is 1.92. The molecule has 0 bridgehead atoms. The van der Waals surface area contributed by atoms with Gasteiger partial charge in [0.2, 0.25) is 0 Å². The van der Waals surface area contributed by atoms with Gasteiger partial charge in [-0.25, -0.2) is 4.79 Å². The van der Waals surface area contributed by atoms with Crippen molar-refractivity contribution in [3.63, 3.8) is 0 Å². The Bertz CT molecular complexity index is 506. The molecule has 0 aliphatic carbocycles. The third-order valence-corrected chi connectivity index (χ3v) is 4.36. The summed E-state index contributed by atoms with van der Waals surface area (Å²) in [5.41, 5.74) is 2.26. The second-order valence-corrected chi connectivity index (χ2v) is 7.53. The molecular weight excluding hydrogens is 280 g/mol. The number of carbonyl (C=O) groups is 1. The monoisotopic (exact) mass is 308 g/mol. The highest BCUT2D eigenvalue weighted by molar-refractivity contribution is 6.00. The van der Waals surface area contributed by atoms with Crippen molar-refractivity contribution in [3.8, 4) is 0 Å². The van der Waals surface area contributed by atoms with E-state index < -0.39 is 11.2 Å². The van der Waals surface area contributed by atoms with Gasteiger partial charge >= 0.3 is 6.09 Å². The van der Waals surface area contributed by atoms with Gasteiger partial charge in [-0.1, -0.05) is 0 Å². The summed E-state index contributed by atoms with van der Waals surface area (Å²) in [6.07, 6.45) is 1.51. The molecule has 0 unspecified atom stereocenters. The van der Waals surface area contributed by atoms with E-state index >= 15 is 0 Å². The third kappa shape index (κ3) is 4.09. The van der Waals surface area contributed by atoms with Crippen LogP contribution in [0.15, 0.2) is 16.1 Å². The van der Waals surface area contributed by atoms with E-state index in [1.165, 1.54) is 11.1 Å².